The number of hydrogen-bond donors (Lipinski definition) is 2. The second kappa shape index (κ2) is 4.61. The zero-order valence-corrected chi connectivity index (χ0v) is 8.82. The summed E-state index contributed by atoms with van der Waals surface area (Å²) >= 11 is 0. The highest BCUT2D eigenvalue weighted by Crippen LogP contribution is 2.28. The van der Waals surface area contributed by atoms with Crippen LogP contribution in [0.25, 0.3) is 0 Å². The van der Waals surface area contributed by atoms with Crippen LogP contribution in [0, 0.1) is 11.7 Å². The minimum absolute atomic E-state index is 0.406. The van der Waals surface area contributed by atoms with Gasteiger partial charge in [-0.05, 0) is 43.0 Å². The third kappa shape index (κ3) is 2.79. The van der Waals surface area contributed by atoms with Crippen LogP contribution >= 0.6 is 0 Å². The van der Waals surface area contributed by atoms with Gasteiger partial charge in [-0.15, -0.1) is 0 Å². The van der Waals surface area contributed by atoms with Gasteiger partial charge in [0.25, 0.3) is 0 Å². The molecule has 1 aromatic rings. The van der Waals surface area contributed by atoms with Crippen molar-refractivity contribution >= 4 is 5.97 Å². The maximum Gasteiger partial charge on any atom is 0.325 e. The lowest BCUT2D eigenvalue weighted by Crippen LogP contribution is -2.30. The van der Waals surface area contributed by atoms with Crippen molar-refractivity contribution in [2.24, 2.45) is 5.92 Å². The van der Waals surface area contributed by atoms with Crippen molar-refractivity contribution in [3.05, 3.63) is 35.6 Å². The van der Waals surface area contributed by atoms with Gasteiger partial charge in [-0.25, -0.2) is 4.39 Å². The van der Waals surface area contributed by atoms with E-state index in [0.29, 0.717) is 18.0 Å². The number of rotatable bonds is 5. The molecular weight excluding hydrogens is 209 g/mol. The predicted molar refractivity (Wildman–Crippen MR) is 57.5 cm³/mol. The van der Waals surface area contributed by atoms with Gasteiger partial charge in [0.15, 0.2) is 0 Å². The van der Waals surface area contributed by atoms with Crippen molar-refractivity contribution in [3.8, 4) is 0 Å². The van der Waals surface area contributed by atoms with Crippen molar-refractivity contribution in [2.75, 3.05) is 6.54 Å². The number of nitrogens with one attached hydrogen (secondary N) is 1. The van der Waals surface area contributed by atoms with Crippen molar-refractivity contribution < 1.29 is 14.3 Å². The van der Waals surface area contributed by atoms with Crippen molar-refractivity contribution in [1.82, 2.24) is 5.32 Å². The Hall–Kier alpha value is -1.42. The lowest BCUT2D eigenvalue weighted by molar-refractivity contribution is -0.139. The van der Waals surface area contributed by atoms with Crippen LogP contribution in [0.4, 0.5) is 4.39 Å². The molecule has 1 aromatic carbocycles. The topological polar surface area (TPSA) is 49.3 Å². The van der Waals surface area contributed by atoms with E-state index in [1.54, 1.807) is 6.07 Å². The molecule has 0 spiro atoms. The molecule has 16 heavy (non-hydrogen) atoms. The fraction of sp³-hybridized carbons (Fsp3) is 0.417. The summed E-state index contributed by atoms with van der Waals surface area (Å²) in [6.07, 6.45) is 2.31. The SMILES string of the molecule is O=C(O)C(NCC1CC1)c1cccc(F)c1. The summed E-state index contributed by atoms with van der Waals surface area (Å²) in [4.78, 5) is 11.1. The number of halogens is 1. The van der Waals surface area contributed by atoms with Gasteiger partial charge in [0, 0.05) is 0 Å². The molecule has 1 unspecified atom stereocenters. The Labute approximate surface area is 93.3 Å². The van der Waals surface area contributed by atoms with Gasteiger partial charge in [-0.3, -0.25) is 4.79 Å². The lowest BCUT2D eigenvalue weighted by atomic mass is 10.1. The maximum atomic E-state index is 13.0. The van der Waals surface area contributed by atoms with Crippen LogP contribution in [0.15, 0.2) is 24.3 Å². The predicted octanol–water partition coefficient (Wildman–Crippen LogP) is 1.95. The largest absolute Gasteiger partial charge is 0.480 e. The van der Waals surface area contributed by atoms with Crippen LogP contribution in [-0.2, 0) is 4.79 Å². The van der Waals surface area contributed by atoms with Crippen LogP contribution in [0.2, 0.25) is 0 Å². The van der Waals surface area contributed by atoms with Crippen LogP contribution in [0.3, 0.4) is 0 Å². The van der Waals surface area contributed by atoms with E-state index < -0.39 is 17.8 Å². The summed E-state index contributed by atoms with van der Waals surface area (Å²) in [5, 5.41) is 12.0. The molecule has 0 saturated heterocycles. The van der Waals surface area contributed by atoms with Gasteiger partial charge < -0.3 is 10.4 Å². The molecule has 1 atom stereocenters. The summed E-state index contributed by atoms with van der Waals surface area (Å²) in [7, 11) is 0. The Morgan fingerprint density at radius 3 is 2.88 bits per heavy atom. The van der Waals surface area contributed by atoms with Crippen molar-refractivity contribution in [2.45, 2.75) is 18.9 Å². The Kier molecular flexibility index (Phi) is 3.19. The molecule has 0 amide bonds. The summed E-state index contributed by atoms with van der Waals surface area (Å²) in [6, 6.07) is 4.92. The molecular formula is C12H14FNO2. The third-order valence-corrected chi connectivity index (χ3v) is 2.74. The molecule has 0 radical (unpaired) electrons. The van der Waals surface area contributed by atoms with Gasteiger partial charge in [0.2, 0.25) is 0 Å². The van der Waals surface area contributed by atoms with E-state index >= 15 is 0 Å². The Morgan fingerprint density at radius 2 is 2.31 bits per heavy atom. The molecule has 3 nitrogen and oxygen atoms in total. The number of benzene rings is 1. The van der Waals surface area contributed by atoms with Gasteiger partial charge in [0.1, 0.15) is 11.9 Å². The van der Waals surface area contributed by atoms with Crippen molar-refractivity contribution in [1.29, 1.82) is 0 Å². The number of carboxylic acids is 1. The van der Waals surface area contributed by atoms with E-state index in [9.17, 15) is 9.18 Å². The summed E-state index contributed by atoms with van der Waals surface area (Å²) in [5.41, 5.74) is 0.466. The summed E-state index contributed by atoms with van der Waals surface area (Å²) < 4.78 is 13.0. The smallest absolute Gasteiger partial charge is 0.325 e. The fourth-order valence-corrected chi connectivity index (χ4v) is 1.64. The van der Waals surface area contributed by atoms with Gasteiger partial charge in [-0.2, -0.15) is 0 Å². The first-order valence-corrected chi connectivity index (χ1v) is 5.38. The Bertz CT molecular complexity index is 390. The zero-order chi connectivity index (χ0) is 11.5. The molecule has 1 aliphatic rings. The highest BCUT2D eigenvalue weighted by atomic mass is 19.1. The molecule has 2 rings (SSSR count). The van der Waals surface area contributed by atoms with Gasteiger partial charge in [0.05, 0.1) is 0 Å². The second-order valence-corrected chi connectivity index (χ2v) is 4.18. The number of hydrogen-bond acceptors (Lipinski definition) is 2. The molecule has 0 aliphatic heterocycles. The highest BCUT2D eigenvalue weighted by molar-refractivity contribution is 5.75. The van der Waals surface area contributed by atoms with E-state index in [2.05, 4.69) is 5.32 Å². The minimum Gasteiger partial charge on any atom is -0.480 e. The molecule has 1 saturated carbocycles. The molecule has 0 aromatic heterocycles. The standard InChI is InChI=1S/C12H14FNO2/c13-10-3-1-2-9(6-10)11(12(15)16)14-7-8-4-5-8/h1-3,6,8,11,14H,4-5,7H2,(H,15,16). The first-order valence-electron chi connectivity index (χ1n) is 5.38. The van der Waals surface area contributed by atoms with Crippen molar-refractivity contribution in [3.63, 3.8) is 0 Å². The molecule has 4 heteroatoms. The second-order valence-electron chi connectivity index (χ2n) is 4.18. The average Bonchev–Trinajstić information content (AvgIpc) is 3.01. The highest BCUT2D eigenvalue weighted by Gasteiger charge is 2.25. The molecule has 2 N–H and O–H groups in total. The number of carbonyl (C=O) groups is 1. The normalized spacial score (nSPS) is 17.1. The van der Waals surface area contributed by atoms with Gasteiger partial charge >= 0.3 is 5.97 Å². The molecule has 0 heterocycles. The third-order valence-electron chi connectivity index (χ3n) is 2.74. The van der Waals surface area contributed by atoms with E-state index in [-0.39, 0.29) is 0 Å². The maximum absolute atomic E-state index is 13.0. The number of aliphatic carboxylic acids is 1. The molecule has 1 aliphatic carbocycles. The quantitative estimate of drug-likeness (QED) is 0.802. The van der Waals surface area contributed by atoms with E-state index in [0.717, 1.165) is 12.8 Å². The first kappa shape index (κ1) is 11.1. The average molecular weight is 223 g/mol. The lowest BCUT2D eigenvalue weighted by Gasteiger charge is -2.14. The minimum atomic E-state index is -0.966. The Balaban J connectivity index is 2.07. The van der Waals surface area contributed by atoms with Crippen LogP contribution in [0.1, 0.15) is 24.4 Å². The summed E-state index contributed by atoms with van der Waals surface area (Å²) in [6.45, 7) is 0.688. The molecule has 1 fully saturated rings. The zero-order valence-electron chi connectivity index (χ0n) is 8.82. The van der Waals surface area contributed by atoms with E-state index in [1.165, 1.54) is 18.2 Å². The van der Waals surface area contributed by atoms with E-state index in [4.69, 9.17) is 5.11 Å². The fourth-order valence-electron chi connectivity index (χ4n) is 1.64. The summed E-state index contributed by atoms with van der Waals surface area (Å²) in [5.74, 6) is -0.779. The van der Waals surface area contributed by atoms with E-state index in [1.807, 2.05) is 0 Å². The monoisotopic (exact) mass is 223 g/mol. The number of carboxylic acid groups (broad SMARTS) is 1. The van der Waals surface area contributed by atoms with Gasteiger partial charge in [-0.1, -0.05) is 12.1 Å². The Morgan fingerprint density at radius 1 is 1.56 bits per heavy atom. The molecule has 86 valence electrons. The molecule has 0 bridgehead atoms. The van der Waals surface area contributed by atoms with Crippen LogP contribution in [-0.4, -0.2) is 17.6 Å². The van der Waals surface area contributed by atoms with Crippen LogP contribution < -0.4 is 5.32 Å². The van der Waals surface area contributed by atoms with Crippen LogP contribution in [0.5, 0.6) is 0 Å². The first-order chi connectivity index (χ1) is 7.66.